The average molecular weight is 398 g/mol. The Morgan fingerprint density at radius 3 is 1.83 bits per heavy atom. The number of nitrogen functional groups attached to an aromatic ring is 2. The van der Waals surface area contributed by atoms with E-state index >= 15 is 0 Å². The molecule has 1 aromatic heterocycles. The van der Waals surface area contributed by atoms with Gasteiger partial charge in [-0.3, -0.25) is 0 Å². The molecule has 0 aliphatic heterocycles. The molecule has 4 rings (SSSR count). The maximum Gasteiger partial charge on any atom is 0.230 e. The number of aryl methyl sites for hydroxylation is 1. The molecule has 1 heterocycles. The maximum atomic E-state index is 5.82. The van der Waals surface area contributed by atoms with Crippen LogP contribution in [-0.2, 0) is 0 Å². The van der Waals surface area contributed by atoms with Crippen molar-refractivity contribution < 1.29 is 0 Å². The summed E-state index contributed by atoms with van der Waals surface area (Å²) in [5, 5.41) is 10.1. The summed E-state index contributed by atoms with van der Waals surface area (Å²) in [6.45, 7) is 2.02. The van der Waals surface area contributed by atoms with Gasteiger partial charge in [-0.25, -0.2) is 15.0 Å². The highest BCUT2D eigenvalue weighted by atomic mass is 15.1. The van der Waals surface area contributed by atoms with E-state index < -0.39 is 0 Å². The van der Waals surface area contributed by atoms with Gasteiger partial charge in [0.05, 0.1) is 11.4 Å². The van der Waals surface area contributed by atoms with Crippen molar-refractivity contribution in [2.45, 2.75) is 6.92 Å². The molecule has 0 fully saturated rings. The number of rotatable bonds is 6. The summed E-state index contributed by atoms with van der Waals surface area (Å²) in [6, 6.07) is 19.2. The first-order valence-corrected chi connectivity index (χ1v) is 9.35. The molecule has 4 aromatic rings. The van der Waals surface area contributed by atoms with Crippen LogP contribution in [0.4, 0.5) is 45.8 Å². The number of hydrogen-bond donors (Lipinski definition) is 5. The number of anilines is 8. The second-order valence-electron chi connectivity index (χ2n) is 6.80. The lowest BCUT2D eigenvalue weighted by molar-refractivity contribution is 1.05. The van der Waals surface area contributed by atoms with Gasteiger partial charge in [-0.2, -0.15) is 0 Å². The second-order valence-corrected chi connectivity index (χ2v) is 6.80. The monoisotopic (exact) mass is 398 g/mol. The average Bonchev–Trinajstić information content (AvgIpc) is 2.75. The molecule has 150 valence electrons. The maximum absolute atomic E-state index is 5.82. The molecule has 0 aliphatic carbocycles. The predicted octanol–water partition coefficient (Wildman–Crippen LogP) is 4.58. The van der Waals surface area contributed by atoms with Gasteiger partial charge in [0.1, 0.15) is 12.7 Å². The highest BCUT2D eigenvalue weighted by molar-refractivity contribution is 5.84. The topological polar surface area (TPSA) is 127 Å². The van der Waals surface area contributed by atoms with E-state index in [1.807, 2.05) is 67.6 Å². The summed E-state index contributed by atoms with van der Waals surface area (Å²) in [5.74, 6) is 0.465. The lowest BCUT2D eigenvalue weighted by atomic mass is 10.1. The zero-order chi connectivity index (χ0) is 20.9. The van der Waals surface area contributed by atoms with Crippen LogP contribution in [0.25, 0.3) is 0 Å². The number of nitrogens with two attached hydrogens (primary N) is 2. The van der Waals surface area contributed by atoms with Crippen molar-refractivity contribution >= 4 is 45.8 Å². The Bertz CT molecular complexity index is 1130. The van der Waals surface area contributed by atoms with Crippen molar-refractivity contribution in [3.63, 3.8) is 0 Å². The Morgan fingerprint density at radius 2 is 1.23 bits per heavy atom. The van der Waals surface area contributed by atoms with Crippen molar-refractivity contribution in [3.05, 3.63) is 78.9 Å². The minimum absolute atomic E-state index is 0.465. The van der Waals surface area contributed by atoms with Crippen molar-refractivity contribution in [2.24, 2.45) is 0 Å². The van der Waals surface area contributed by atoms with Crippen molar-refractivity contribution in [1.82, 2.24) is 15.0 Å². The molecule has 0 bridgehead atoms. The first-order valence-electron chi connectivity index (χ1n) is 9.35. The van der Waals surface area contributed by atoms with Gasteiger partial charge in [-0.15, -0.1) is 0 Å². The highest BCUT2D eigenvalue weighted by Crippen LogP contribution is 2.35. The molecule has 0 radical (unpaired) electrons. The van der Waals surface area contributed by atoms with Crippen LogP contribution in [0.2, 0.25) is 0 Å². The van der Waals surface area contributed by atoms with Gasteiger partial charge in [-0.1, -0.05) is 0 Å². The molecular weight excluding hydrogens is 376 g/mol. The fourth-order valence-electron chi connectivity index (χ4n) is 2.99. The number of benzene rings is 3. The molecule has 0 saturated heterocycles. The third kappa shape index (κ3) is 4.56. The van der Waals surface area contributed by atoms with Crippen LogP contribution in [0, 0.1) is 6.92 Å². The minimum Gasteiger partial charge on any atom is -0.399 e. The normalized spacial score (nSPS) is 10.4. The summed E-state index contributed by atoms with van der Waals surface area (Å²) in [4.78, 5) is 12.2. The minimum atomic E-state index is 0.465. The Labute approximate surface area is 174 Å². The first kappa shape index (κ1) is 19.0. The SMILES string of the molecule is Cc1cc(Nc2ccc(N)cc2)cc(Nc2ccc(N)cc2)c1Nc1ncncn1. The Morgan fingerprint density at radius 1 is 0.667 bits per heavy atom. The van der Waals surface area contributed by atoms with Crippen LogP contribution in [0.5, 0.6) is 0 Å². The van der Waals surface area contributed by atoms with Crippen LogP contribution < -0.4 is 27.4 Å². The molecule has 0 spiro atoms. The highest BCUT2D eigenvalue weighted by Gasteiger charge is 2.11. The van der Waals surface area contributed by atoms with E-state index in [1.165, 1.54) is 12.7 Å². The molecule has 8 heteroatoms. The lowest BCUT2D eigenvalue weighted by Gasteiger charge is -2.18. The van der Waals surface area contributed by atoms with Crippen molar-refractivity contribution in [2.75, 3.05) is 27.4 Å². The van der Waals surface area contributed by atoms with Gasteiger partial charge in [0.25, 0.3) is 0 Å². The van der Waals surface area contributed by atoms with E-state index in [9.17, 15) is 0 Å². The third-order valence-corrected chi connectivity index (χ3v) is 4.45. The van der Waals surface area contributed by atoms with Gasteiger partial charge in [0.15, 0.2) is 0 Å². The summed E-state index contributed by atoms with van der Waals surface area (Å²) in [7, 11) is 0. The summed E-state index contributed by atoms with van der Waals surface area (Å²) >= 11 is 0. The summed E-state index contributed by atoms with van der Waals surface area (Å²) in [6.07, 6.45) is 2.91. The zero-order valence-corrected chi connectivity index (χ0v) is 16.4. The summed E-state index contributed by atoms with van der Waals surface area (Å²) in [5.41, 5.74) is 18.5. The van der Waals surface area contributed by atoms with Gasteiger partial charge < -0.3 is 27.4 Å². The van der Waals surface area contributed by atoms with Gasteiger partial charge in [0.2, 0.25) is 5.95 Å². The molecule has 3 aromatic carbocycles. The van der Waals surface area contributed by atoms with Crippen LogP contribution in [0.15, 0.2) is 73.3 Å². The summed E-state index contributed by atoms with van der Waals surface area (Å²) < 4.78 is 0. The molecule has 7 N–H and O–H groups in total. The number of nitrogens with zero attached hydrogens (tertiary/aromatic N) is 3. The van der Waals surface area contributed by atoms with E-state index in [0.29, 0.717) is 11.6 Å². The third-order valence-electron chi connectivity index (χ3n) is 4.45. The van der Waals surface area contributed by atoms with Gasteiger partial charge >= 0.3 is 0 Å². The van der Waals surface area contributed by atoms with E-state index in [0.717, 1.165) is 39.7 Å². The molecule has 30 heavy (non-hydrogen) atoms. The van der Waals surface area contributed by atoms with Crippen molar-refractivity contribution in [1.29, 1.82) is 0 Å². The van der Waals surface area contributed by atoms with E-state index in [1.54, 1.807) is 0 Å². The van der Waals surface area contributed by atoms with Crippen LogP contribution >= 0.6 is 0 Å². The predicted molar refractivity (Wildman–Crippen MR) is 123 cm³/mol. The number of hydrogen-bond acceptors (Lipinski definition) is 8. The number of aromatic nitrogens is 3. The van der Waals surface area contributed by atoms with E-state index in [4.69, 9.17) is 11.5 Å². The molecular formula is C22H22N8. The smallest absolute Gasteiger partial charge is 0.230 e. The molecule has 0 aliphatic rings. The second kappa shape index (κ2) is 8.36. The van der Waals surface area contributed by atoms with E-state index in [-0.39, 0.29) is 0 Å². The largest absolute Gasteiger partial charge is 0.399 e. The molecule has 0 amide bonds. The molecule has 0 saturated carbocycles. The Balaban J connectivity index is 1.70. The van der Waals surface area contributed by atoms with Gasteiger partial charge in [0, 0.05) is 28.4 Å². The quantitative estimate of drug-likeness (QED) is 0.299. The van der Waals surface area contributed by atoms with Crippen LogP contribution in [-0.4, -0.2) is 15.0 Å². The Hall–Kier alpha value is -4.33. The standard InChI is InChI=1S/C22H22N8/c1-14-10-19(28-17-6-2-15(23)3-7-17)11-20(29-18-8-4-16(24)5-9-18)21(14)30-22-26-12-25-13-27-22/h2-13,28-29H,23-24H2,1H3,(H,25,26,27,30). The first-order chi connectivity index (χ1) is 14.6. The van der Waals surface area contributed by atoms with Crippen LogP contribution in [0.1, 0.15) is 5.56 Å². The Kier molecular flexibility index (Phi) is 5.29. The molecule has 0 unspecified atom stereocenters. The fourth-order valence-corrected chi connectivity index (χ4v) is 2.99. The van der Waals surface area contributed by atoms with E-state index in [2.05, 4.69) is 30.9 Å². The van der Waals surface area contributed by atoms with Crippen molar-refractivity contribution in [3.8, 4) is 0 Å². The molecule has 0 atom stereocenters. The molecule has 8 nitrogen and oxygen atoms in total. The van der Waals surface area contributed by atoms with Crippen LogP contribution in [0.3, 0.4) is 0 Å². The lowest BCUT2D eigenvalue weighted by Crippen LogP contribution is -2.04. The zero-order valence-electron chi connectivity index (χ0n) is 16.4. The number of nitrogens with one attached hydrogen (secondary N) is 3. The van der Waals surface area contributed by atoms with Gasteiger partial charge in [-0.05, 0) is 73.2 Å². The fraction of sp³-hybridized carbons (Fsp3) is 0.0455.